The maximum Gasteiger partial charge on any atom is 0.358 e. The summed E-state index contributed by atoms with van der Waals surface area (Å²) in [6.45, 7) is 0. The van der Waals surface area contributed by atoms with E-state index in [9.17, 15) is 9.59 Å². The number of aromatic nitrogens is 2. The molecule has 0 aliphatic heterocycles. The summed E-state index contributed by atoms with van der Waals surface area (Å²) in [5.74, 6) is -1.16. The summed E-state index contributed by atoms with van der Waals surface area (Å²) in [6, 6.07) is 9.39. The Morgan fingerprint density at radius 1 is 1.35 bits per heavy atom. The highest BCUT2D eigenvalue weighted by atomic mass is 16.5. The number of aromatic carboxylic acids is 1. The van der Waals surface area contributed by atoms with Gasteiger partial charge in [0.15, 0.2) is 5.69 Å². The second-order valence-electron chi connectivity index (χ2n) is 4.24. The van der Waals surface area contributed by atoms with E-state index in [1.54, 1.807) is 7.05 Å². The first-order valence-corrected chi connectivity index (χ1v) is 5.95. The minimum Gasteiger partial charge on any atom is -0.489 e. The van der Waals surface area contributed by atoms with Gasteiger partial charge in [-0.1, -0.05) is 30.3 Å². The molecule has 1 aromatic heterocycles. The van der Waals surface area contributed by atoms with E-state index in [0.29, 0.717) is 12.2 Å². The van der Waals surface area contributed by atoms with Gasteiger partial charge in [-0.2, -0.15) is 0 Å². The van der Waals surface area contributed by atoms with Crippen LogP contribution in [0.3, 0.4) is 0 Å². The van der Waals surface area contributed by atoms with E-state index in [2.05, 4.69) is 4.98 Å². The van der Waals surface area contributed by atoms with Crippen LogP contribution in [-0.2, 0) is 13.5 Å². The van der Waals surface area contributed by atoms with Crippen molar-refractivity contribution in [2.45, 2.75) is 6.42 Å². The molecule has 0 aliphatic carbocycles. The molecule has 104 valence electrons. The van der Waals surface area contributed by atoms with Crippen molar-refractivity contribution in [3.05, 3.63) is 57.8 Å². The average molecular weight is 274 g/mol. The highest BCUT2D eigenvalue weighted by molar-refractivity contribution is 5.88. The lowest BCUT2D eigenvalue weighted by Gasteiger charge is -2.11. The molecule has 0 aliphatic rings. The lowest BCUT2D eigenvalue weighted by Crippen LogP contribution is -2.27. The van der Waals surface area contributed by atoms with Gasteiger partial charge in [-0.15, -0.1) is 0 Å². The predicted octanol–water partition coefficient (Wildman–Crippen LogP) is 1.08. The van der Waals surface area contributed by atoms with Gasteiger partial charge in [0.2, 0.25) is 5.75 Å². The number of nitrogens with zero attached hydrogens (tertiary/aromatic N) is 2. The molecule has 2 rings (SSSR count). The first-order valence-electron chi connectivity index (χ1n) is 5.95. The Kier molecular flexibility index (Phi) is 3.84. The van der Waals surface area contributed by atoms with Gasteiger partial charge >= 0.3 is 5.97 Å². The lowest BCUT2D eigenvalue weighted by atomic mass is 10.1. The first kappa shape index (κ1) is 13.8. The van der Waals surface area contributed by atoms with Crippen molar-refractivity contribution in [1.29, 1.82) is 0 Å². The quantitative estimate of drug-likeness (QED) is 0.902. The fraction of sp³-hybridized carbons (Fsp3) is 0.214. The number of carbonyl (C=O) groups is 1. The van der Waals surface area contributed by atoms with Gasteiger partial charge in [-0.3, -0.25) is 9.36 Å². The molecule has 0 saturated carbocycles. The number of carboxylic acid groups (broad SMARTS) is 1. The Morgan fingerprint density at radius 2 is 2.00 bits per heavy atom. The van der Waals surface area contributed by atoms with Crippen LogP contribution in [0.15, 0.2) is 35.1 Å². The summed E-state index contributed by atoms with van der Waals surface area (Å²) in [5.41, 5.74) is 0.0730. The second-order valence-corrected chi connectivity index (χ2v) is 4.24. The standard InChI is InChI=1S/C14H14N2O4/c1-16-10(8-9-6-4-3-5-7-9)15-11(14(18)19)12(20-2)13(16)17/h3-7H,8H2,1-2H3,(H,18,19). The maximum atomic E-state index is 12.1. The molecule has 0 radical (unpaired) electrons. The van der Waals surface area contributed by atoms with Crippen LogP contribution in [0.2, 0.25) is 0 Å². The van der Waals surface area contributed by atoms with Crippen LogP contribution in [0, 0.1) is 0 Å². The summed E-state index contributed by atoms with van der Waals surface area (Å²) in [7, 11) is 2.80. The number of ether oxygens (including phenoxy) is 1. The zero-order chi connectivity index (χ0) is 14.7. The third-order valence-corrected chi connectivity index (χ3v) is 2.95. The van der Waals surface area contributed by atoms with Crippen LogP contribution in [0.1, 0.15) is 21.9 Å². The molecule has 0 fully saturated rings. The Hall–Kier alpha value is -2.63. The number of rotatable bonds is 4. The zero-order valence-electron chi connectivity index (χ0n) is 11.2. The van der Waals surface area contributed by atoms with Crippen LogP contribution in [0.25, 0.3) is 0 Å². The monoisotopic (exact) mass is 274 g/mol. The molecule has 0 spiro atoms. The van der Waals surface area contributed by atoms with Crippen molar-refractivity contribution in [2.24, 2.45) is 7.05 Å². The maximum absolute atomic E-state index is 12.1. The molecule has 1 N–H and O–H groups in total. The van der Waals surface area contributed by atoms with Crippen LogP contribution in [0.5, 0.6) is 5.75 Å². The topological polar surface area (TPSA) is 81.4 Å². The number of hydrogen-bond donors (Lipinski definition) is 1. The van der Waals surface area contributed by atoms with Crippen molar-refractivity contribution < 1.29 is 14.6 Å². The minimum atomic E-state index is -1.28. The van der Waals surface area contributed by atoms with Crippen LogP contribution in [-0.4, -0.2) is 27.7 Å². The summed E-state index contributed by atoms with van der Waals surface area (Å²) in [5, 5.41) is 9.11. The Morgan fingerprint density at radius 3 is 2.55 bits per heavy atom. The molecule has 0 unspecified atom stereocenters. The minimum absolute atomic E-state index is 0.253. The van der Waals surface area contributed by atoms with E-state index in [4.69, 9.17) is 9.84 Å². The van der Waals surface area contributed by atoms with Crippen LogP contribution < -0.4 is 10.3 Å². The van der Waals surface area contributed by atoms with E-state index < -0.39 is 11.5 Å². The highest BCUT2D eigenvalue weighted by Crippen LogP contribution is 2.13. The van der Waals surface area contributed by atoms with Crippen LogP contribution in [0.4, 0.5) is 0 Å². The molecular weight excluding hydrogens is 260 g/mol. The van der Waals surface area contributed by atoms with Crippen molar-refractivity contribution in [1.82, 2.24) is 9.55 Å². The molecular formula is C14H14N2O4. The van der Waals surface area contributed by atoms with E-state index >= 15 is 0 Å². The summed E-state index contributed by atoms with van der Waals surface area (Å²) >= 11 is 0. The second kappa shape index (κ2) is 5.56. The molecule has 20 heavy (non-hydrogen) atoms. The smallest absolute Gasteiger partial charge is 0.358 e. The average Bonchev–Trinajstić information content (AvgIpc) is 2.44. The summed E-state index contributed by atoms with van der Waals surface area (Å²) < 4.78 is 6.15. The molecule has 1 heterocycles. The molecule has 0 bridgehead atoms. The van der Waals surface area contributed by atoms with Crippen molar-refractivity contribution in [3.8, 4) is 5.75 Å². The van der Waals surface area contributed by atoms with E-state index in [0.717, 1.165) is 5.56 Å². The van der Waals surface area contributed by atoms with Gasteiger partial charge in [0.1, 0.15) is 5.82 Å². The fourth-order valence-electron chi connectivity index (χ4n) is 1.89. The van der Waals surface area contributed by atoms with Crippen molar-refractivity contribution in [3.63, 3.8) is 0 Å². The highest BCUT2D eigenvalue weighted by Gasteiger charge is 2.20. The van der Waals surface area contributed by atoms with E-state index in [1.165, 1.54) is 11.7 Å². The number of hydrogen-bond acceptors (Lipinski definition) is 4. The van der Waals surface area contributed by atoms with E-state index in [-0.39, 0.29) is 11.4 Å². The summed E-state index contributed by atoms with van der Waals surface area (Å²) in [4.78, 5) is 27.3. The molecule has 1 aromatic carbocycles. The third kappa shape index (κ3) is 2.54. The van der Waals surface area contributed by atoms with Gasteiger partial charge in [-0.05, 0) is 5.56 Å². The van der Waals surface area contributed by atoms with Gasteiger partial charge < -0.3 is 9.84 Å². The molecule has 6 nitrogen and oxygen atoms in total. The van der Waals surface area contributed by atoms with Gasteiger partial charge in [0.05, 0.1) is 7.11 Å². The molecule has 0 saturated heterocycles. The normalized spacial score (nSPS) is 10.3. The predicted molar refractivity (Wildman–Crippen MR) is 72.2 cm³/mol. The SMILES string of the molecule is COc1c(C(=O)O)nc(Cc2ccccc2)n(C)c1=O. The first-order chi connectivity index (χ1) is 9.54. The third-order valence-electron chi connectivity index (χ3n) is 2.95. The Labute approximate surface area is 115 Å². The summed E-state index contributed by atoms with van der Waals surface area (Å²) in [6.07, 6.45) is 0.372. The number of methoxy groups -OCH3 is 1. The van der Waals surface area contributed by atoms with E-state index in [1.807, 2.05) is 30.3 Å². The Balaban J connectivity index is 2.54. The van der Waals surface area contributed by atoms with Crippen molar-refractivity contribution in [2.75, 3.05) is 7.11 Å². The van der Waals surface area contributed by atoms with Crippen molar-refractivity contribution >= 4 is 5.97 Å². The largest absolute Gasteiger partial charge is 0.489 e. The molecule has 2 aromatic rings. The fourth-order valence-corrected chi connectivity index (χ4v) is 1.89. The van der Waals surface area contributed by atoms with Gasteiger partial charge in [0, 0.05) is 13.5 Å². The lowest BCUT2D eigenvalue weighted by molar-refractivity contribution is 0.0685. The number of carboxylic acids is 1. The molecule has 6 heteroatoms. The van der Waals surface area contributed by atoms with Gasteiger partial charge in [0.25, 0.3) is 5.56 Å². The molecule has 0 atom stereocenters. The number of benzene rings is 1. The molecule has 0 amide bonds. The zero-order valence-corrected chi connectivity index (χ0v) is 11.2. The van der Waals surface area contributed by atoms with Gasteiger partial charge in [-0.25, -0.2) is 9.78 Å². The Bertz CT molecular complexity index is 692. The van der Waals surface area contributed by atoms with Crippen LogP contribution >= 0.6 is 0 Å².